The van der Waals surface area contributed by atoms with Gasteiger partial charge in [0.2, 0.25) is 5.91 Å². The van der Waals surface area contributed by atoms with E-state index in [9.17, 15) is 4.79 Å². The van der Waals surface area contributed by atoms with Crippen LogP contribution in [-0.2, 0) is 11.2 Å². The Bertz CT molecular complexity index is 378. The molecule has 0 aliphatic carbocycles. The summed E-state index contributed by atoms with van der Waals surface area (Å²) in [4.78, 5) is 18.0. The minimum absolute atomic E-state index is 0.0206. The van der Waals surface area contributed by atoms with Gasteiger partial charge in [0.15, 0.2) is 0 Å². The van der Waals surface area contributed by atoms with E-state index in [4.69, 9.17) is 5.11 Å². The number of aliphatic hydroxyl groups excluding tert-OH is 1. The number of hydrogen-bond acceptors (Lipinski definition) is 4. The molecule has 1 atom stereocenters. The Hall–Kier alpha value is -0.940. The van der Waals surface area contributed by atoms with Gasteiger partial charge in [0.05, 0.1) is 29.8 Å². The maximum Gasteiger partial charge on any atom is 0.228 e. The van der Waals surface area contributed by atoms with Crippen molar-refractivity contribution in [3.63, 3.8) is 0 Å². The second kappa shape index (κ2) is 4.93. The van der Waals surface area contributed by atoms with Gasteiger partial charge in [0.25, 0.3) is 0 Å². The molecule has 1 aromatic heterocycles. The van der Waals surface area contributed by atoms with Crippen molar-refractivity contribution >= 4 is 17.2 Å². The number of likely N-dealkylation sites (tertiary alicyclic amines) is 1. The standard InChI is InChI=1S/C11H16N2O2S/c1-8-12-9(7-16-8)5-11(15)13-4-2-3-10(13)6-14/h7,10,14H,2-6H2,1H3/t10-/m0/s1. The topological polar surface area (TPSA) is 53.4 Å². The first-order valence-electron chi connectivity index (χ1n) is 5.52. The van der Waals surface area contributed by atoms with Crippen molar-refractivity contribution in [1.29, 1.82) is 0 Å². The molecule has 2 heterocycles. The molecule has 1 amide bonds. The predicted molar refractivity (Wildman–Crippen MR) is 62.4 cm³/mol. The van der Waals surface area contributed by atoms with Crippen LogP contribution in [0.25, 0.3) is 0 Å². The Morgan fingerprint density at radius 2 is 2.56 bits per heavy atom. The van der Waals surface area contributed by atoms with Crippen LogP contribution in [0.1, 0.15) is 23.5 Å². The van der Waals surface area contributed by atoms with Gasteiger partial charge in [-0.2, -0.15) is 0 Å². The summed E-state index contributed by atoms with van der Waals surface area (Å²) in [6.45, 7) is 2.78. The highest BCUT2D eigenvalue weighted by Gasteiger charge is 2.28. The first-order chi connectivity index (χ1) is 7.70. The lowest BCUT2D eigenvalue weighted by Gasteiger charge is -2.22. The zero-order chi connectivity index (χ0) is 11.5. The highest BCUT2D eigenvalue weighted by molar-refractivity contribution is 7.09. The number of aromatic nitrogens is 1. The van der Waals surface area contributed by atoms with Crippen LogP contribution in [0.15, 0.2) is 5.38 Å². The third-order valence-corrected chi connectivity index (χ3v) is 3.73. The summed E-state index contributed by atoms with van der Waals surface area (Å²) in [5.74, 6) is 0.0850. The molecule has 0 saturated carbocycles. The van der Waals surface area contributed by atoms with Gasteiger partial charge in [-0.15, -0.1) is 11.3 Å². The van der Waals surface area contributed by atoms with Crippen molar-refractivity contribution in [3.8, 4) is 0 Å². The van der Waals surface area contributed by atoms with Crippen LogP contribution in [-0.4, -0.2) is 40.1 Å². The number of carbonyl (C=O) groups excluding carboxylic acids is 1. The Kier molecular flexibility index (Phi) is 3.56. The van der Waals surface area contributed by atoms with E-state index in [0.717, 1.165) is 30.1 Å². The quantitative estimate of drug-likeness (QED) is 0.856. The average Bonchev–Trinajstić information content (AvgIpc) is 2.86. The van der Waals surface area contributed by atoms with Crippen LogP contribution in [0.2, 0.25) is 0 Å². The second-order valence-corrected chi connectivity index (χ2v) is 5.16. The fraction of sp³-hybridized carbons (Fsp3) is 0.636. The van der Waals surface area contributed by atoms with Crippen molar-refractivity contribution < 1.29 is 9.90 Å². The van der Waals surface area contributed by atoms with Gasteiger partial charge in [-0.25, -0.2) is 4.98 Å². The van der Waals surface area contributed by atoms with E-state index in [2.05, 4.69) is 4.98 Å². The van der Waals surface area contributed by atoms with Crippen LogP contribution in [0.4, 0.5) is 0 Å². The molecule has 0 bridgehead atoms. The highest BCUT2D eigenvalue weighted by atomic mass is 32.1. The summed E-state index contributed by atoms with van der Waals surface area (Å²) < 4.78 is 0. The summed E-state index contributed by atoms with van der Waals surface area (Å²) in [7, 11) is 0. The molecule has 0 aromatic carbocycles. The van der Waals surface area contributed by atoms with E-state index in [0.29, 0.717) is 6.42 Å². The second-order valence-electron chi connectivity index (χ2n) is 4.10. The molecule has 1 N–H and O–H groups in total. The molecule has 88 valence electrons. The molecule has 0 unspecified atom stereocenters. The van der Waals surface area contributed by atoms with Crippen molar-refractivity contribution in [1.82, 2.24) is 9.88 Å². The average molecular weight is 240 g/mol. The minimum atomic E-state index is 0.0206. The largest absolute Gasteiger partial charge is 0.394 e. The van der Waals surface area contributed by atoms with Crippen LogP contribution < -0.4 is 0 Å². The molecule has 0 radical (unpaired) electrons. The van der Waals surface area contributed by atoms with Crippen molar-refractivity contribution in [2.75, 3.05) is 13.2 Å². The lowest BCUT2D eigenvalue weighted by molar-refractivity contribution is -0.132. The van der Waals surface area contributed by atoms with E-state index in [-0.39, 0.29) is 18.6 Å². The Morgan fingerprint density at radius 1 is 1.75 bits per heavy atom. The maximum absolute atomic E-state index is 12.0. The summed E-state index contributed by atoms with van der Waals surface area (Å²) in [6, 6.07) is 0.0206. The van der Waals surface area contributed by atoms with Gasteiger partial charge in [-0.05, 0) is 19.8 Å². The van der Waals surface area contributed by atoms with Crippen LogP contribution in [0, 0.1) is 6.92 Å². The molecule has 1 saturated heterocycles. The zero-order valence-electron chi connectivity index (χ0n) is 9.35. The van der Waals surface area contributed by atoms with Gasteiger partial charge < -0.3 is 10.0 Å². The number of carbonyl (C=O) groups is 1. The first-order valence-corrected chi connectivity index (χ1v) is 6.40. The fourth-order valence-electron chi connectivity index (χ4n) is 2.10. The number of nitrogens with zero attached hydrogens (tertiary/aromatic N) is 2. The third-order valence-electron chi connectivity index (χ3n) is 2.91. The van der Waals surface area contributed by atoms with Gasteiger partial charge in [0.1, 0.15) is 0 Å². The summed E-state index contributed by atoms with van der Waals surface area (Å²) >= 11 is 1.56. The normalized spacial score (nSPS) is 20.4. The summed E-state index contributed by atoms with van der Waals surface area (Å²) in [5, 5.41) is 12.1. The van der Waals surface area contributed by atoms with Crippen LogP contribution >= 0.6 is 11.3 Å². The van der Waals surface area contributed by atoms with E-state index >= 15 is 0 Å². The molecule has 1 fully saturated rings. The van der Waals surface area contributed by atoms with Gasteiger partial charge >= 0.3 is 0 Å². The number of rotatable bonds is 3. The summed E-state index contributed by atoms with van der Waals surface area (Å²) in [5.41, 5.74) is 0.844. The monoisotopic (exact) mass is 240 g/mol. The fourth-order valence-corrected chi connectivity index (χ4v) is 2.71. The van der Waals surface area contributed by atoms with Gasteiger partial charge in [-0.3, -0.25) is 4.79 Å². The van der Waals surface area contributed by atoms with Gasteiger partial charge in [0, 0.05) is 11.9 Å². The van der Waals surface area contributed by atoms with E-state index < -0.39 is 0 Å². The molecule has 2 rings (SSSR count). The summed E-state index contributed by atoms with van der Waals surface area (Å²) in [6.07, 6.45) is 2.27. The van der Waals surface area contributed by atoms with E-state index in [1.54, 1.807) is 16.2 Å². The van der Waals surface area contributed by atoms with Crippen molar-refractivity contribution in [2.45, 2.75) is 32.2 Å². The van der Waals surface area contributed by atoms with E-state index in [1.807, 2.05) is 12.3 Å². The number of hydrogen-bond donors (Lipinski definition) is 1. The molecular weight excluding hydrogens is 224 g/mol. The highest BCUT2D eigenvalue weighted by Crippen LogP contribution is 2.18. The smallest absolute Gasteiger partial charge is 0.228 e. The Balaban J connectivity index is 1.97. The minimum Gasteiger partial charge on any atom is -0.394 e. The molecule has 1 aliphatic heterocycles. The zero-order valence-corrected chi connectivity index (χ0v) is 10.2. The number of amides is 1. The van der Waals surface area contributed by atoms with Crippen molar-refractivity contribution in [3.05, 3.63) is 16.1 Å². The SMILES string of the molecule is Cc1nc(CC(=O)N2CCC[C@H]2CO)cs1. The lowest BCUT2D eigenvalue weighted by atomic mass is 10.2. The van der Waals surface area contributed by atoms with Gasteiger partial charge in [-0.1, -0.05) is 0 Å². The molecular formula is C11H16N2O2S. The number of aryl methyl sites for hydroxylation is 1. The number of aliphatic hydroxyl groups is 1. The third kappa shape index (κ3) is 2.41. The molecule has 1 aliphatic rings. The molecule has 4 nitrogen and oxygen atoms in total. The molecule has 0 spiro atoms. The van der Waals surface area contributed by atoms with Crippen LogP contribution in [0.3, 0.4) is 0 Å². The molecule has 16 heavy (non-hydrogen) atoms. The Morgan fingerprint density at radius 3 is 3.19 bits per heavy atom. The first kappa shape index (κ1) is 11.5. The van der Waals surface area contributed by atoms with E-state index in [1.165, 1.54) is 0 Å². The predicted octanol–water partition coefficient (Wildman–Crippen LogP) is 0.977. The number of thiazole rings is 1. The molecule has 1 aromatic rings. The Labute approximate surface area is 98.9 Å². The lowest BCUT2D eigenvalue weighted by Crippen LogP contribution is -2.38. The van der Waals surface area contributed by atoms with Crippen molar-refractivity contribution in [2.24, 2.45) is 0 Å². The maximum atomic E-state index is 12.0. The molecule has 5 heteroatoms. The van der Waals surface area contributed by atoms with Crippen LogP contribution in [0.5, 0.6) is 0 Å².